The van der Waals surface area contributed by atoms with Crippen LogP contribution in [0.5, 0.6) is 11.5 Å². The average molecular weight is 454 g/mol. The number of nitrogens with zero attached hydrogens (tertiary/aromatic N) is 1. The zero-order valence-electron chi connectivity index (χ0n) is 19.5. The van der Waals surface area contributed by atoms with Crippen molar-refractivity contribution >= 4 is 17.4 Å². The fourth-order valence-electron chi connectivity index (χ4n) is 3.89. The van der Waals surface area contributed by atoms with E-state index in [1.165, 1.54) is 4.90 Å². The summed E-state index contributed by atoms with van der Waals surface area (Å²) in [6.45, 7) is 6.94. The number of carbonyl (C=O) groups excluding carboxylic acids is 2. The second kappa shape index (κ2) is 11.0. The monoisotopic (exact) mass is 453 g/mol. The number of hydrogen-bond donors (Lipinski definition) is 1. The quantitative estimate of drug-likeness (QED) is 0.249. The Morgan fingerprint density at radius 1 is 1.09 bits per heavy atom. The number of amides is 1. The molecule has 1 aliphatic heterocycles. The van der Waals surface area contributed by atoms with E-state index in [0.717, 1.165) is 0 Å². The number of ketones is 1. The number of rotatable bonds is 10. The minimum atomic E-state index is -0.755. The molecule has 0 saturated carbocycles. The SMILES string of the molecule is CCOc1cc(C2/C(=C(/O)c3ccccc3)C(=O)C(=O)N2CCCOC(C)C)ccc1OC. The van der Waals surface area contributed by atoms with E-state index in [9.17, 15) is 14.7 Å². The van der Waals surface area contributed by atoms with Gasteiger partial charge in [-0.1, -0.05) is 36.4 Å². The van der Waals surface area contributed by atoms with E-state index in [1.54, 1.807) is 49.6 Å². The Kier molecular flexibility index (Phi) is 8.11. The predicted molar refractivity (Wildman–Crippen MR) is 125 cm³/mol. The smallest absolute Gasteiger partial charge is 0.295 e. The summed E-state index contributed by atoms with van der Waals surface area (Å²) < 4.78 is 16.7. The molecule has 7 heteroatoms. The lowest BCUT2D eigenvalue weighted by Crippen LogP contribution is -2.31. The summed E-state index contributed by atoms with van der Waals surface area (Å²) in [5.41, 5.74) is 1.19. The Balaban J connectivity index is 2.08. The molecule has 0 bridgehead atoms. The van der Waals surface area contributed by atoms with Crippen molar-refractivity contribution in [2.45, 2.75) is 39.3 Å². The fraction of sp³-hybridized carbons (Fsp3) is 0.385. The number of methoxy groups -OCH3 is 1. The van der Waals surface area contributed by atoms with Crippen LogP contribution in [-0.4, -0.2) is 54.7 Å². The number of ether oxygens (including phenoxy) is 3. The van der Waals surface area contributed by atoms with Gasteiger partial charge in [0.25, 0.3) is 11.7 Å². The highest BCUT2D eigenvalue weighted by Gasteiger charge is 2.46. The summed E-state index contributed by atoms with van der Waals surface area (Å²) in [6.07, 6.45) is 0.631. The van der Waals surface area contributed by atoms with Gasteiger partial charge < -0.3 is 24.2 Å². The molecule has 0 radical (unpaired) electrons. The summed E-state index contributed by atoms with van der Waals surface area (Å²) >= 11 is 0. The molecule has 7 nitrogen and oxygen atoms in total. The van der Waals surface area contributed by atoms with E-state index < -0.39 is 17.7 Å². The molecule has 0 aliphatic carbocycles. The van der Waals surface area contributed by atoms with Gasteiger partial charge in [-0.15, -0.1) is 0 Å². The topological polar surface area (TPSA) is 85.3 Å². The fourth-order valence-corrected chi connectivity index (χ4v) is 3.89. The second-order valence-electron chi connectivity index (χ2n) is 7.97. The summed E-state index contributed by atoms with van der Waals surface area (Å²) in [5, 5.41) is 11.1. The number of aliphatic hydroxyl groups is 1. The lowest BCUT2D eigenvalue weighted by Gasteiger charge is -2.26. The first-order valence-corrected chi connectivity index (χ1v) is 11.1. The Labute approximate surface area is 194 Å². The summed E-state index contributed by atoms with van der Waals surface area (Å²) in [7, 11) is 1.55. The Bertz CT molecular complexity index is 1010. The summed E-state index contributed by atoms with van der Waals surface area (Å²) in [4.78, 5) is 27.6. The van der Waals surface area contributed by atoms with Crippen LogP contribution in [0, 0.1) is 0 Å². The molecule has 1 atom stereocenters. The van der Waals surface area contributed by atoms with Gasteiger partial charge in [-0.2, -0.15) is 0 Å². The van der Waals surface area contributed by atoms with E-state index in [4.69, 9.17) is 14.2 Å². The first-order chi connectivity index (χ1) is 15.9. The molecule has 3 rings (SSSR count). The molecule has 1 heterocycles. The number of aliphatic hydroxyl groups excluding tert-OH is 1. The van der Waals surface area contributed by atoms with Crippen molar-refractivity contribution < 1.29 is 28.9 Å². The minimum Gasteiger partial charge on any atom is -0.507 e. The van der Waals surface area contributed by atoms with Gasteiger partial charge in [0.1, 0.15) is 5.76 Å². The van der Waals surface area contributed by atoms with Crippen LogP contribution in [0.2, 0.25) is 0 Å². The van der Waals surface area contributed by atoms with E-state index >= 15 is 0 Å². The van der Waals surface area contributed by atoms with E-state index in [1.807, 2.05) is 26.8 Å². The minimum absolute atomic E-state index is 0.0589. The van der Waals surface area contributed by atoms with Crippen molar-refractivity contribution in [3.05, 3.63) is 65.2 Å². The van der Waals surface area contributed by atoms with Crippen LogP contribution in [0.4, 0.5) is 0 Å². The van der Waals surface area contributed by atoms with Gasteiger partial charge in [0.2, 0.25) is 0 Å². The Morgan fingerprint density at radius 2 is 1.82 bits per heavy atom. The molecule has 1 fully saturated rings. The third-order valence-corrected chi connectivity index (χ3v) is 5.38. The number of Topliss-reactive ketones (excluding diaryl/α,β-unsaturated/α-hetero) is 1. The number of carbonyl (C=O) groups is 2. The van der Waals surface area contributed by atoms with Crippen molar-refractivity contribution in [2.75, 3.05) is 26.9 Å². The second-order valence-corrected chi connectivity index (χ2v) is 7.97. The molecule has 33 heavy (non-hydrogen) atoms. The first-order valence-electron chi connectivity index (χ1n) is 11.1. The van der Waals surface area contributed by atoms with Gasteiger partial charge in [-0.3, -0.25) is 9.59 Å². The lowest BCUT2D eigenvalue weighted by molar-refractivity contribution is -0.140. The van der Waals surface area contributed by atoms with Crippen LogP contribution in [0.25, 0.3) is 5.76 Å². The molecule has 1 saturated heterocycles. The molecule has 2 aromatic carbocycles. The van der Waals surface area contributed by atoms with E-state index in [0.29, 0.717) is 48.8 Å². The zero-order chi connectivity index (χ0) is 24.0. The molecule has 1 unspecified atom stereocenters. The highest BCUT2D eigenvalue weighted by Crippen LogP contribution is 2.42. The van der Waals surface area contributed by atoms with Gasteiger partial charge in [0.05, 0.1) is 31.4 Å². The van der Waals surface area contributed by atoms with Crippen molar-refractivity contribution in [2.24, 2.45) is 0 Å². The highest BCUT2D eigenvalue weighted by atomic mass is 16.5. The number of hydrogen-bond acceptors (Lipinski definition) is 6. The van der Waals surface area contributed by atoms with Crippen LogP contribution in [0.15, 0.2) is 54.1 Å². The number of benzene rings is 2. The largest absolute Gasteiger partial charge is 0.507 e. The molecular formula is C26H31NO6. The van der Waals surface area contributed by atoms with Gasteiger partial charge in [0, 0.05) is 18.7 Å². The normalized spacial score (nSPS) is 17.6. The number of likely N-dealkylation sites (tertiary alicyclic amines) is 1. The Morgan fingerprint density at radius 3 is 2.45 bits per heavy atom. The van der Waals surface area contributed by atoms with Crippen molar-refractivity contribution in [3.8, 4) is 11.5 Å². The summed E-state index contributed by atoms with van der Waals surface area (Å²) in [6, 6.07) is 13.3. The molecule has 176 valence electrons. The highest BCUT2D eigenvalue weighted by molar-refractivity contribution is 6.46. The van der Waals surface area contributed by atoms with Crippen molar-refractivity contribution in [3.63, 3.8) is 0 Å². The third-order valence-electron chi connectivity index (χ3n) is 5.38. The van der Waals surface area contributed by atoms with Crippen LogP contribution in [-0.2, 0) is 14.3 Å². The van der Waals surface area contributed by atoms with Gasteiger partial charge in [-0.05, 0) is 44.9 Å². The average Bonchev–Trinajstić information content (AvgIpc) is 3.07. The first kappa shape index (κ1) is 24.3. The van der Waals surface area contributed by atoms with Crippen LogP contribution in [0.1, 0.15) is 44.4 Å². The maximum Gasteiger partial charge on any atom is 0.295 e. The lowest BCUT2D eigenvalue weighted by atomic mass is 9.95. The van der Waals surface area contributed by atoms with Crippen molar-refractivity contribution in [1.29, 1.82) is 0 Å². The molecule has 0 aromatic heterocycles. The van der Waals surface area contributed by atoms with Crippen LogP contribution >= 0.6 is 0 Å². The standard InChI is InChI=1S/C26H31NO6/c1-5-32-21-16-19(12-13-20(21)31-4)23-22(24(28)18-10-7-6-8-11-18)25(29)26(30)27(23)14-9-15-33-17(2)3/h6-8,10-13,16-17,23,28H,5,9,14-15H2,1-4H3/b24-22-. The van der Waals surface area contributed by atoms with E-state index in [-0.39, 0.29) is 17.4 Å². The molecule has 1 N–H and O–H groups in total. The third kappa shape index (κ3) is 5.37. The van der Waals surface area contributed by atoms with Crippen LogP contribution in [0.3, 0.4) is 0 Å². The molecule has 1 amide bonds. The molecule has 1 aliphatic rings. The van der Waals surface area contributed by atoms with Crippen LogP contribution < -0.4 is 9.47 Å². The zero-order valence-corrected chi connectivity index (χ0v) is 19.5. The maximum absolute atomic E-state index is 13.1. The van der Waals surface area contributed by atoms with E-state index in [2.05, 4.69) is 0 Å². The van der Waals surface area contributed by atoms with Gasteiger partial charge in [-0.25, -0.2) is 0 Å². The van der Waals surface area contributed by atoms with Crippen molar-refractivity contribution in [1.82, 2.24) is 4.90 Å². The molecule has 2 aromatic rings. The molecular weight excluding hydrogens is 422 g/mol. The predicted octanol–water partition coefficient (Wildman–Crippen LogP) is 4.33. The maximum atomic E-state index is 13.1. The van der Waals surface area contributed by atoms with Gasteiger partial charge in [0.15, 0.2) is 11.5 Å². The summed E-state index contributed by atoms with van der Waals surface area (Å²) in [5.74, 6) is -0.499. The Hall–Kier alpha value is -3.32. The van der Waals surface area contributed by atoms with Gasteiger partial charge >= 0.3 is 0 Å². The molecule has 0 spiro atoms.